The molecule has 0 fully saturated rings. The molecule has 2 aromatic carbocycles. The van der Waals surface area contributed by atoms with Gasteiger partial charge in [0, 0.05) is 5.56 Å². The Morgan fingerprint density at radius 1 is 1.31 bits per heavy atom. The molecule has 3 rings (SSSR count). The van der Waals surface area contributed by atoms with Crippen LogP contribution in [0.3, 0.4) is 0 Å². The molecule has 0 saturated carbocycles. The molecule has 1 aromatic heterocycles. The number of aromatic nitrogens is 2. The Morgan fingerprint density at radius 3 is 2.85 bits per heavy atom. The van der Waals surface area contributed by atoms with E-state index in [0.717, 1.165) is 0 Å². The molecule has 134 valence electrons. The Morgan fingerprint density at radius 2 is 2.12 bits per heavy atom. The standard InChI is InChI=1S/C19H18FN3O3/c1-26-13-6-4-5-12(9-13)17(11-24)22-19(25)15-10-21-23-18(15)14-7-2-3-8-16(14)20/h2-10,17,24H,11H2,1H3,(H,21,23)(H,22,25). The summed E-state index contributed by atoms with van der Waals surface area (Å²) in [7, 11) is 1.54. The summed E-state index contributed by atoms with van der Waals surface area (Å²) in [6.07, 6.45) is 1.33. The lowest BCUT2D eigenvalue weighted by molar-refractivity contribution is 0.0917. The summed E-state index contributed by atoms with van der Waals surface area (Å²) in [6, 6.07) is 12.5. The average molecular weight is 355 g/mol. The van der Waals surface area contributed by atoms with Gasteiger partial charge in [-0.05, 0) is 29.8 Å². The van der Waals surface area contributed by atoms with Gasteiger partial charge in [0.25, 0.3) is 5.91 Å². The van der Waals surface area contributed by atoms with Gasteiger partial charge in [0.2, 0.25) is 0 Å². The van der Waals surface area contributed by atoms with Crippen LogP contribution in [-0.4, -0.2) is 34.9 Å². The number of rotatable bonds is 6. The van der Waals surface area contributed by atoms with Crippen molar-refractivity contribution in [3.63, 3.8) is 0 Å². The number of aliphatic hydroxyl groups excluding tert-OH is 1. The summed E-state index contributed by atoms with van der Waals surface area (Å²) in [5.74, 6) is -0.318. The molecule has 0 saturated heterocycles. The molecule has 0 radical (unpaired) electrons. The molecular formula is C19H18FN3O3. The minimum atomic E-state index is -0.638. The zero-order valence-corrected chi connectivity index (χ0v) is 14.1. The number of aromatic amines is 1. The summed E-state index contributed by atoms with van der Waals surface area (Å²) >= 11 is 0. The van der Waals surface area contributed by atoms with Gasteiger partial charge in [-0.2, -0.15) is 5.10 Å². The molecule has 0 aliphatic carbocycles. The number of benzene rings is 2. The molecule has 0 aliphatic rings. The van der Waals surface area contributed by atoms with Crippen LogP contribution in [0.25, 0.3) is 11.3 Å². The highest BCUT2D eigenvalue weighted by Crippen LogP contribution is 2.25. The normalized spacial score (nSPS) is 11.8. The molecule has 3 N–H and O–H groups in total. The van der Waals surface area contributed by atoms with Crippen molar-refractivity contribution in [1.82, 2.24) is 15.5 Å². The van der Waals surface area contributed by atoms with Gasteiger partial charge >= 0.3 is 0 Å². The van der Waals surface area contributed by atoms with E-state index in [0.29, 0.717) is 11.3 Å². The van der Waals surface area contributed by atoms with E-state index in [1.807, 2.05) is 0 Å². The minimum Gasteiger partial charge on any atom is -0.497 e. The molecule has 1 amide bonds. The van der Waals surface area contributed by atoms with E-state index >= 15 is 0 Å². The van der Waals surface area contributed by atoms with E-state index in [9.17, 15) is 14.3 Å². The van der Waals surface area contributed by atoms with Crippen LogP contribution in [-0.2, 0) is 0 Å². The second-order valence-electron chi connectivity index (χ2n) is 5.62. The first kappa shape index (κ1) is 17.6. The van der Waals surface area contributed by atoms with Crippen molar-refractivity contribution in [3.8, 4) is 17.0 Å². The third-order valence-electron chi connectivity index (χ3n) is 4.01. The quantitative estimate of drug-likeness (QED) is 0.634. The second-order valence-corrected chi connectivity index (χ2v) is 5.62. The SMILES string of the molecule is COc1cccc(C(CO)NC(=O)c2cn[nH]c2-c2ccccc2F)c1. The maximum Gasteiger partial charge on any atom is 0.255 e. The van der Waals surface area contributed by atoms with Crippen LogP contribution in [0.2, 0.25) is 0 Å². The van der Waals surface area contributed by atoms with Crippen molar-refractivity contribution in [1.29, 1.82) is 0 Å². The molecule has 3 aromatic rings. The molecule has 0 aliphatic heterocycles. The van der Waals surface area contributed by atoms with Crippen LogP contribution in [0.4, 0.5) is 4.39 Å². The lowest BCUT2D eigenvalue weighted by atomic mass is 10.0. The summed E-state index contributed by atoms with van der Waals surface area (Å²) < 4.78 is 19.2. The third-order valence-corrected chi connectivity index (χ3v) is 4.01. The number of carbonyl (C=O) groups excluding carboxylic acids is 1. The van der Waals surface area contributed by atoms with Gasteiger partial charge in [0.15, 0.2) is 0 Å². The predicted molar refractivity (Wildman–Crippen MR) is 94.3 cm³/mol. The predicted octanol–water partition coefficient (Wildman–Crippen LogP) is 2.69. The highest BCUT2D eigenvalue weighted by molar-refractivity contribution is 6.00. The number of hydrogen-bond donors (Lipinski definition) is 3. The van der Waals surface area contributed by atoms with Crippen LogP contribution in [0.1, 0.15) is 22.0 Å². The average Bonchev–Trinajstić information content (AvgIpc) is 3.16. The highest BCUT2D eigenvalue weighted by atomic mass is 19.1. The number of hydrogen-bond acceptors (Lipinski definition) is 4. The number of carbonyl (C=O) groups is 1. The molecule has 7 heteroatoms. The van der Waals surface area contributed by atoms with Gasteiger partial charge in [0.05, 0.1) is 37.2 Å². The summed E-state index contributed by atoms with van der Waals surface area (Å²) in [5.41, 5.74) is 1.41. The lowest BCUT2D eigenvalue weighted by Crippen LogP contribution is -2.31. The Labute approximate surface area is 149 Å². The van der Waals surface area contributed by atoms with E-state index in [-0.39, 0.29) is 23.4 Å². The number of amides is 1. The number of H-pyrrole nitrogens is 1. The van der Waals surface area contributed by atoms with Gasteiger partial charge in [-0.3, -0.25) is 9.89 Å². The van der Waals surface area contributed by atoms with Crippen LogP contribution in [0, 0.1) is 5.82 Å². The minimum absolute atomic E-state index is 0.191. The maximum atomic E-state index is 14.0. The summed E-state index contributed by atoms with van der Waals surface area (Å²) in [5, 5.41) is 18.9. The van der Waals surface area contributed by atoms with Gasteiger partial charge in [-0.1, -0.05) is 24.3 Å². The van der Waals surface area contributed by atoms with Crippen LogP contribution < -0.4 is 10.1 Å². The fourth-order valence-electron chi connectivity index (χ4n) is 2.66. The van der Waals surface area contributed by atoms with Gasteiger partial charge in [0.1, 0.15) is 11.6 Å². The lowest BCUT2D eigenvalue weighted by Gasteiger charge is -2.17. The van der Waals surface area contributed by atoms with E-state index < -0.39 is 17.8 Å². The molecule has 0 bridgehead atoms. The Balaban J connectivity index is 1.86. The van der Waals surface area contributed by atoms with Crippen molar-refractivity contribution in [3.05, 3.63) is 71.7 Å². The number of aliphatic hydroxyl groups is 1. The molecule has 1 heterocycles. The molecule has 1 atom stereocenters. The highest BCUT2D eigenvalue weighted by Gasteiger charge is 2.21. The van der Waals surface area contributed by atoms with E-state index in [4.69, 9.17) is 4.74 Å². The fourth-order valence-corrected chi connectivity index (χ4v) is 2.66. The molecule has 1 unspecified atom stereocenters. The van der Waals surface area contributed by atoms with Crippen molar-refractivity contribution < 1.29 is 19.0 Å². The molecular weight excluding hydrogens is 337 g/mol. The van der Waals surface area contributed by atoms with Crippen molar-refractivity contribution in [2.75, 3.05) is 13.7 Å². The second kappa shape index (κ2) is 7.79. The van der Waals surface area contributed by atoms with Gasteiger partial charge in [-0.25, -0.2) is 4.39 Å². The van der Waals surface area contributed by atoms with Crippen LogP contribution >= 0.6 is 0 Å². The van der Waals surface area contributed by atoms with Gasteiger partial charge < -0.3 is 15.2 Å². The van der Waals surface area contributed by atoms with Crippen molar-refractivity contribution in [2.24, 2.45) is 0 Å². The topological polar surface area (TPSA) is 87.2 Å². The summed E-state index contributed by atoms with van der Waals surface area (Å²) in [4.78, 5) is 12.7. The van der Waals surface area contributed by atoms with E-state index in [2.05, 4.69) is 15.5 Å². The molecule has 6 nitrogen and oxygen atoms in total. The molecule has 0 spiro atoms. The Hall–Kier alpha value is -3.19. The number of nitrogens with zero attached hydrogens (tertiary/aromatic N) is 1. The van der Waals surface area contributed by atoms with Gasteiger partial charge in [-0.15, -0.1) is 0 Å². The largest absolute Gasteiger partial charge is 0.497 e. The zero-order valence-electron chi connectivity index (χ0n) is 14.1. The Kier molecular flexibility index (Phi) is 5.28. The Bertz CT molecular complexity index is 910. The van der Waals surface area contributed by atoms with Crippen LogP contribution in [0.5, 0.6) is 5.75 Å². The molecule has 26 heavy (non-hydrogen) atoms. The smallest absolute Gasteiger partial charge is 0.255 e. The number of methoxy groups -OCH3 is 1. The first-order valence-corrected chi connectivity index (χ1v) is 7.98. The first-order valence-electron chi connectivity index (χ1n) is 7.98. The number of ether oxygens (including phenoxy) is 1. The third kappa shape index (κ3) is 3.57. The first-order chi connectivity index (χ1) is 12.6. The van der Waals surface area contributed by atoms with E-state index in [1.54, 1.807) is 42.5 Å². The van der Waals surface area contributed by atoms with Crippen molar-refractivity contribution >= 4 is 5.91 Å². The van der Waals surface area contributed by atoms with E-state index in [1.165, 1.54) is 19.4 Å². The number of halogens is 1. The van der Waals surface area contributed by atoms with Crippen molar-refractivity contribution in [2.45, 2.75) is 6.04 Å². The zero-order chi connectivity index (χ0) is 18.5. The monoisotopic (exact) mass is 355 g/mol. The summed E-state index contributed by atoms with van der Waals surface area (Å²) in [6.45, 7) is -0.300. The number of nitrogens with one attached hydrogen (secondary N) is 2. The maximum absolute atomic E-state index is 14.0. The van der Waals surface area contributed by atoms with Crippen LogP contribution in [0.15, 0.2) is 54.7 Å². The fraction of sp³-hybridized carbons (Fsp3) is 0.158.